The van der Waals surface area contributed by atoms with Crippen LogP contribution in [0.15, 0.2) is 36.4 Å². The summed E-state index contributed by atoms with van der Waals surface area (Å²) in [6.45, 7) is 1.80. The quantitative estimate of drug-likeness (QED) is 0.515. The zero-order valence-electron chi connectivity index (χ0n) is 11.1. The SMILES string of the molecule is Cc1ccc(N)c(C(=O)Nc2ccc(F)c([N+](=O)[O-])c2)c1. The molecule has 2 aromatic rings. The Labute approximate surface area is 119 Å². The number of rotatable bonds is 3. The number of nitro benzene ring substituents is 1. The molecule has 2 rings (SSSR count). The third-order valence-electron chi connectivity index (χ3n) is 2.85. The van der Waals surface area contributed by atoms with Crippen LogP contribution in [0.2, 0.25) is 0 Å². The van der Waals surface area contributed by atoms with Gasteiger partial charge in [-0.2, -0.15) is 4.39 Å². The number of nitrogens with two attached hydrogens (primary N) is 1. The molecule has 3 N–H and O–H groups in total. The second-order valence-electron chi connectivity index (χ2n) is 4.47. The molecule has 0 aliphatic carbocycles. The minimum atomic E-state index is -0.965. The van der Waals surface area contributed by atoms with Gasteiger partial charge < -0.3 is 11.1 Å². The summed E-state index contributed by atoms with van der Waals surface area (Å²) in [5.41, 5.74) is 6.52. The minimum Gasteiger partial charge on any atom is -0.398 e. The summed E-state index contributed by atoms with van der Waals surface area (Å²) in [5.74, 6) is -1.48. The average Bonchev–Trinajstić information content (AvgIpc) is 2.43. The van der Waals surface area contributed by atoms with Gasteiger partial charge in [-0.15, -0.1) is 0 Å². The number of nitro groups is 1. The first-order valence-electron chi connectivity index (χ1n) is 6.00. The minimum absolute atomic E-state index is 0.119. The molecule has 0 fully saturated rings. The van der Waals surface area contributed by atoms with Crippen molar-refractivity contribution in [2.75, 3.05) is 11.1 Å². The summed E-state index contributed by atoms with van der Waals surface area (Å²) < 4.78 is 13.2. The van der Waals surface area contributed by atoms with Crippen molar-refractivity contribution in [2.24, 2.45) is 0 Å². The van der Waals surface area contributed by atoms with Crippen LogP contribution in [0.3, 0.4) is 0 Å². The van der Waals surface area contributed by atoms with Gasteiger partial charge in [0.15, 0.2) is 0 Å². The van der Waals surface area contributed by atoms with E-state index in [1.165, 1.54) is 6.07 Å². The van der Waals surface area contributed by atoms with Gasteiger partial charge in [0.05, 0.1) is 10.5 Å². The first-order valence-corrected chi connectivity index (χ1v) is 6.00. The van der Waals surface area contributed by atoms with Gasteiger partial charge >= 0.3 is 5.69 Å². The van der Waals surface area contributed by atoms with Crippen molar-refractivity contribution < 1.29 is 14.1 Å². The molecular formula is C14H12FN3O3. The number of halogens is 1. The van der Waals surface area contributed by atoms with Gasteiger partial charge in [0.1, 0.15) is 0 Å². The topological polar surface area (TPSA) is 98.3 Å². The summed E-state index contributed by atoms with van der Waals surface area (Å²) in [7, 11) is 0. The zero-order chi connectivity index (χ0) is 15.6. The van der Waals surface area contributed by atoms with E-state index in [-0.39, 0.29) is 16.9 Å². The molecule has 6 nitrogen and oxygen atoms in total. The first kappa shape index (κ1) is 14.4. The Morgan fingerprint density at radius 1 is 1.29 bits per heavy atom. The second kappa shape index (κ2) is 5.58. The fourth-order valence-electron chi connectivity index (χ4n) is 1.80. The maximum atomic E-state index is 13.2. The van der Waals surface area contributed by atoms with E-state index >= 15 is 0 Å². The van der Waals surface area contributed by atoms with Gasteiger partial charge in [-0.05, 0) is 31.2 Å². The number of anilines is 2. The molecule has 0 atom stereocenters. The number of aryl methyl sites for hydroxylation is 1. The molecule has 1 amide bonds. The highest BCUT2D eigenvalue weighted by molar-refractivity contribution is 6.07. The van der Waals surface area contributed by atoms with E-state index in [9.17, 15) is 19.3 Å². The van der Waals surface area contributed by atoms with E-state index in [4.69, 9.17) is 5.73 Å². The number of nitrogens with zero attached hydrogens (tertiary/aromatic N) is 1. The summed E-state index contributed by atoms with van der Waals surface area (Å²) in [5, 5.41) is 13.1. The number of hydrogen-bond acceptors (Lipinski definition) is 4. The Hall–Kier alpha value is -2.96. The van der Waals surface area contributed by atoms with E-state index < -0.39 is 22.3 Å². The van der Waals surface area contributed by atoms with Crippen molar-refractivity contribution in [2.45, 2.75) is 6.92 Å². The Balaban J connectivity index is 2.29. The molecular weight excluding hydrogens is 277 g/mol. The first-order chi connectivity index (χ1) is 9.88. The molecule has 0 aliphatic heterocycles. The molecule has 0 heterocycles. The molecule has 0 saturated heterocycles. The van der Waals surface area contributed by atoms with Crippen molar-refractivity contribution in [3.8, 4) is 0 Å². The summed E-state index contributed by atoms with van der Waals surface area (Å²) in [6.07, 6.45) is 0. The van der Waals surface area contributed by atoms with Crippen LogP contribution < -0.4 is 11.1 Å². The lowest BCUT2D eigenvalue weighted by molar-refractivity contribution is -0.387. The Morgan fingerprint density at radius 2 is 2.00 bits per heavy atom. The molecule has 0 unspecified atom stereocenters. The van der Waals surface area contributed by atoms with Crippen LogP contribution in [-0.2, 0) is 0 Å². The number of amides is 1. The zero-order valence-corrected chi connectivity index (χ0v) is 11.1. The number of benzene rings is 2. The molecule has 21 heavy (non-hydrogen) atoms. The van der Waals surface area contributed by atoms with Gasteiger partial charge in [0, 0.05) is 17.4 Å². The average molecular weight is 289 g/mol. The van der Waals surface area contributed by atoms with E-state index in [2.05, 4.69) is 5.32 Å². The van der Waals surface area contributed by atoms with E-state index in [1.54, 1.807) is 25.1 Å². The van der Waals surface area contributed by atoms with Gasteiger partial charge in [0.25, 0.3) is 5.91 Å². The molecule has 0 radical (unpaired) electrons. The third kappa shape index (κ3) is 3.14. The summed E-state index contributed by atoms with van der Waals surface area (Å²) in [6, 6.07) is 8.08. The van der Waals surface area contributed by atoms with Crippen LogP contribution >= 0.6 is 0 Å². The van der Waals surface area contributed by atoms with Crippen molar-refractivity contribution in [3.05, 3.63) is 63.5 Å². The van der Waals surface area contributed by atoms with Crippen LogP contribution in [0.1, 0.15) is 15.9 Å². The predicted molar refractivity (Wildman–Crippen MR) is 76.6 cm³/mol. The van der Waals surface area contributed by atoms with Gasteiger partial charge in [-0.25, -0.2) is 0 Å². The monoisotopic (exact) mass is 289 g/mol. The third-order valence-corrected chi connectivity index (χ3v) is 2.85. The standard InChI is InChI=1S/C14H12FN3O3/c1-8-2-5-12(16)10(6-8)14(19)17-9-3-4-11(15)13(7-9)18(20)21/h2-7H,16H2,1H3,(H,17,19). The Morgan fingerprint density at radius 3 is 2.67 bits per heavy atom. The molecule has 0 bridgehead atoms. The maximum absolute atomic E-state index is 13.2. The lowest BCUT2D eigenvalue weighted by atomic mass is 10.1. The molecule has 0 aromatic heterocycles. The largest absolute Gasteiger partial charge is 0.398 e. The van der Waals surface area contributed by atoms with Crippen LogP contribution in [-0.4, -0.2) is 10.8 Å². The van der Waals surface area contributed by atoms with E-state index in [0.717, 1.165) is 17.7 Å². The number of hydrogen-bond donors (Lipinski definition) is 2. The van der Waals surface area contributed by atoms with Crippen molar-refractivity contribution in [1.29, 1.82) is 0 Å². The van der Waals surface area contributed by atoms with Crippen LogP contribution in [0.4, 0.5) is 21.5 Å². The lowest BCUT2D eigenvalue weighted by Crippen LogP contribution is -2.14. The number of carbonyl (C=O) groups is 1. The molecule has 108 valence electrons. The highest BCUT2D eigenvalue weighted by atomic mass is 19.1. The Kier molecular flexibility index (Phi) is 3.84. The highest BCUT2D eigenvalue weighted by Crippen LogP contribution is 2.23. The Bertz CT molecular complexity index is 731. The predicted octanol–water partition coefficient (Wildman–Crippen LogP) is 2.88. The molecule has 7 heteroatoms. The molecule has 0 spiro atoms. The van der Waals surface area contributed by atoms with Crippen molar-refractivity contribution >= 4 is 23.0 Å². The van der Waals surface area contributed by atoms with Gasteiger partial charge in [0.2, 0.25) is 5.82 Å². The summed E-state index contributed by atoms with van der Waals surface area (Å²) in [4.78, 5) is 21.9. The number of nitrogens with one attached hydrogen (secondary N) is 1. The molecule has 0 aliphatic rings. The maximum Gasteiger partial charge on any atom is 0.306 e. The van der Waals surface area contributed by atoms with Crippen LogP contribution in [0.5, 0.6) is 0 Å². The highest BCUT2D eigenvalue weighted by Gasteiger charge is 2.16. The van der Waals surface area contributed by atoms with Gasteiger partial charge in [-0.1, -0.05) is 11.6 Å². The molecule has 0 saturated carbocycles. The van der Waals surface area contributed by atoms with Crippen LogP contribution in [0, 0.1) is 22.9 Å². The van der Waals surface area contributed by atoms with E-state index in [0.29, 0.717) is 0 Å². The van der Waals surface area contributed by atoms with Crippen molar-refractivity contribution in [1.82, 2.24) is 0 Å². The normalized spacial score (nSPS) is 10.2. The smallest absolute Gasteiger partial charge is 0.306 e. The van der Waals surface area contributed by atoms with E-state index in [1.807, 2.05) is 0 Å². The fourth-order valence-corrected chi connectivity index (χ4v) is 1.80. The van der Waals surface area contributed by atoms with Crippen molar-refractivity contribution in [3.63, 3.8) is 0 Å². The number of carbonyl (C=O) groups excluding carboxylic acids is 1. The number of nitrogen functional groups attached to an aromatic ring is 1. The lowest BCUT2D eigenvalue weighted by Gasteiger charge is -2.08. The second-order valence-corrected chi connectivity index (χ2v) is 4.47. The fraction of sp³-hybridized carbons (Fsp3) is 0.0714. The summed E-state index contributed by atoms with van der Waals surface area (Å²) >= 11 is 0. The van der Waals surface area contributed by atoms with Crippen LogP contribution in [0.25, 0.3) is 0 Å². The van der Waals surface area contributed by atoms with Gasteiger partial charge in [-0.3, -0.25) is 14.9 Å². The molecule has 2 aromatic carbocycles.